The first-order valence-electron chi connectivity index (χ1n) is 20.5. The maximum atomic E-state index is 10.7. The average Bonchev–Trinajstić information content (AvgIpc) is 3.07. The Hall–Kier alpha value is -1.85. The zero-order valence-electron chi connectivity index (χ0n) is 32.1. The van der Waals surface area contributed by atoms with Crippen LogP contribution in [0.1, 0.15) is 181 Å². The van der Waals surface area contributed by atoms with E-state index in [1.807, 2.05) is 7.05 Å². The molecular weight excluding hydrogens is 592 g/mol. The van der Waals surface area contributed by atoms with Crippen LogP contribution in [0.4, 0.5) is 4.79 Å². The standard InChI is InChI=1S/C43H80N2O3/c1-4-6-8-10-12-14-16-18-20-22-24-26-28-30-32-34-36-42(48-41-40-45(3)39-38-44-43(46)47)37-35-33-31-29-27-25-23-21-19-17-15-13-11-9-7-5-2/h12-15,18-21,42,44H,4-11,16-17,22-41H2,1-3H3,(H,46,47)/b14-12-,15-13-,20-18-,21-19-. The summed E-state index contributed by atoms with van der Waals surface area (Å²) in [4.78, 5) is 12.8. The molecule has 0 heterocycles. The van der Waals surface area contributed by atoms with Crippen molar-refractivity contribution in [2.45, 2.75) is 187 Å². The molecule has 0 aliphatic carbocycles. The van der Waals surface area contributed by atoms with Crippen LogP contribution in [0.15, 0.2) is 48.6 Å². The molecule has 0 saturated carbocycles. The van der Waals surface area contributed by atoms with Crippen LogP contribution in [0.5, 0.6) is 0 Å². The second kappa shape index (κ2) is 39.6. The summed E-state index contributed by atoms with van der Waals surface area (Å²) in [7, 11) is 2.03. The van der Waals surface area contributed by atoms with Crippen molar-refractivity contribution in [3.05, 3.63) is 48.6 Å². The molecule has 280 valence electrons. The Labute approximate surface area is 299 Å². The first-order chi connectivity index (χ1) is 23.6. The molecule has 0 fully saturated rings. The summed E-state index contributed by atoms with van der Waals surface area (Å²) in [5.74, 6) is 0. The average molecular weight is 673 g/mol. The number of ether oxygens (including phenoxy) is 1. The van der Waals surface area contributed by atoms with E-state index in [0.717, 1.165) is 26.0 Å². The largest absolute Gasteiger partial charge is 0.465 e. The van der Waals surface area contributed by atoms with Gasteiger partial charge in [-0.3, -0.25) is 0 Å². The van der Waals surface area contributed by atoms with Crippen LogP contribution < -0.4 is 5.32 Å². The van der Waals surface area contributed by atoms with E-state index in [-0.39, 0.29) is 0 Å². The van der Waals surface area contributed by atoms with Gasteiger partial charge in [0.2, 0.25) is 0 Å². The predicted octanol–water partition coefficient (Wildman–Crippen LogP) is 13.0. The fraction of sp³-hybridized carbons (Fsp3) is 0.791. The summed E-state index contributed by atoms with van der Waals surface area (Å²) in [6, 6.07) is 0. The third kappa shape index (κ3) is 38.6. The van der Waals surface area contributed by atoms with E-state index in [1.165, 1.54) is 154 Å². The molecule has 0 spiro atoms. The summed E-state index contributed by atoms with van der Waals surface area (Å²) < 4.78 is 6.39. The van der Waals surface area contributed by atoms with Crippen LogP contribution in [0.3, 0.4) is 0 Å². The second-order valence-corrected chi connectivity index (χ2v) is 13.8. The number of nitrogens with zero attached hydrogens (tertiary/aromatic N) is 1. The van der Waals surface area contributed by atoms with Gasteiger partial charge in [0.05, 0.1) is 12.7 Å². The normalized spacial score (nSPS) is 12.4. The van der Waals surface area contributed by atoms with Crippen molar-refractivity contribution in [2.75, 3.05) is 33.3 Å². The minimum Gasteiger partial charge on any atom is -0.465 e. The summed E-state index contributed by atoms with van der Waals surface area (Å²) in [5, 5.41) is 11.2. The highest BCUT2D eigenvalue weighted by atomic mass is 16.5. The predicted molar refractivity (Wildman–Crippen MR) is 211 cm³/mol. The molecule has 0 unspecified atom stereocenters. The van der Waals surface area contributed by atoms with E-state index in [2.05, 4.69) is 72.7 Å². The molecule has 0 rings (SSSR count). The lowest BCUT2D eigenvalue weighted by Crippen LogP contribution is -2.34. The van der Waals surface area contributed by atoms with Crippen LogP contribution in [-0.2, 0) is 4.74 Å². The van der Waals surface area contributed by atoms with Crippen molar-refractivity contribution in [3.8, 4) is 0 Å². The van der Waals surface area contributed by atoms with E-state index in [9.17, 15) is 4.79 Å². The Morgan fingerprint density at radius 1 is 0.583 bits per heavy atom. The van der Waals surface area contributed by atoms with E-state index in [4.69, 9.17) is 9.84 Å². The number of hydrogen-bond donors (Lipinski definition) is 2. The highest BCUT2D eigenvalue weighted by Gasteiger charge is 2.10. The topological polar surface area (TPSA) is 61.8 Å². The monoisotopic (exact) mass is 673 g/mol. The Morgan fingerprint density at radius 3 is 1.40 bits per heavy atom. The van der Waals surface area contributed by atoms with Crippen molar-refractivity contribution in [1.29, 1.82) is 0 Å². The van der Waals surface area contributed by atoms with Crippen LogP contribution in [0.25, 0.3) is 0 Å². The SMILES string of the molecule is CCCCC/C=C\C/C=C\CCCCCCCCC(CCCCCCCC/C=C\C/C=C\CCCCC)OCCN(C)CCNC(=O)O. The van der Waals surface area contributed by atoms with Gasteiger partial charge in [-0.2, -0.15) is 0 Å². The number of carbonyl (C=O) groups is 1. The molecule has 0 aliphatic heterocycles. The van der Waals surface area contributed by atoms with Crippen molar-refractivity contribution in [3.63, 3.8) is 0 Å². The number of allylic oxidation sites excluding steroid dienone is 8. The van der Waals surface area contributed by atoms with Crippen LogP contribution >= 0.6 is 0 Å². The van der Waals surface area contributed by atoms with Gasteiger partial charge in [-0.25, -0.2) is 4.79 Å². The van der Waals surface area contributed by atoms with Crippen LogP contribution in [-0.4, -0.2) is 55.5 Å². The molecule has 0 aromatic heterocycles. The molecule has 0 aliphatic rings. The quantitative estimate of drug-likeness (QED) is 0.0509. The molecule has 0 bridgehead atoms. The van der Waals surface area contributed by atoms with Gasteiger partial charge >= 0.3 is 6.09 Å². The molecule has 0 aromatic rings. The number of likely N-dealkylation sites (N-methyl/N-ethyl adjacent to an activating group) is 1. The summed E-state index contributed by atoms with van der Waals surface area (Å²) in [6.45, 7) is 7.24. The summed E-state index contributed by atoms with van der Waals surface area (Å²) in [6.07, 6.45) is 51.3. The Kier molecular flexibility index (Phi) is 38.1. The van der Waals surface area contributed by atoms with E-state index < -0.39 is 6.09 Å². The van der Waals surface area contributed by atoms with E-state index in [0.29, 0.717) is 19.2 Å². The smallest absolute Gasteiger partial charge is 0.404 e. The fourth-order valence-electron chi connectivity index (χ4n) is 5.87. The highest BCUT2D eigenvalue weighted by molar-refractivity contribution is 5.64. The second-order valence-electron chi connectivity index (χ2n) is 13.8. The lowest BCUT2D eigenvalue weighted by molar-refractivity contribution is 0.0279. The van der Waals surface area contributed by atoms with E-state index in [1.54, 1.807) is 0 Å². The molecule has 0 atom stereocenters. The Balaban J connectivity index is 4.07. The molecular formula is C43H80N2O3. The third-order valence-corrected chi connectivity index (χ3v) is 9.05. The van der Waals surface area contributed by atoms with Crippen molar-refractivity contribution >= 4 is 6.09 Å². The van der Waals surface area contributed by atoms with Crippen LogP contribution in [0, 0.1) is 0 Å². The first kappa shape index (κ1) is 46.1. The summed E-state index contributed by atoms with van der Waals surface area (Å²) >= 11 is 0. The minimum atomic E-state index is -0.957. The van der Waals surface area contributed by atoms with Gasteiger partial charge in [0, 0.05) is 19.6 Å². The number of amides is 1. The fourth-order valence-corrected chi connectivity index (χ4v) is 5.87. The third-order valence-electron chi connectivity index (χ3n) is 9.05. The molecule has 0 saturated heterocycles. The molecule has 0 radical (unpaired) electrons. The number of nitrogens with one attached hydrogen (secondary N) is 1. The lowest BCUT2D eigenvalue weighted by Gasteiger charge is -2.21. The van der Waals surface area contributed by atoms with Crippen molar-refractivity contribution < 1.29 is 14.6 Å². The number of carboxylic acid groups (broad SMARTS) is 1. The van der Waals surface area contributed by atoms with E-state index >= 15 is 0 Å². The minimum absolute atomic E-state index is 0.354. The maximum absolute atomic E-state index is 10.7. The van der Waals surface area contributed by atoms with Gasteiger partial charge in [-0.1, -0.05) is 152 Å². The van der Waals surface area contributed by atoms with Gasteiger partial charge in [-0.15, -0.1) is 0 Å². The maximum Gasteiger partial charge on any atom is 0.404 e. The summed E-state index contributed by atoms with van der Waals surface area (Å²) in [5.41, 5.74) is 0. The number of hydrogen-bond acceptors (Lipinski definition) is 3. The number of unbranched alkanes of at least 4 members (excludes halogenated alkanes) is 18. The Morgan fingerprint density at radius 2 is 0.979 bits per heavy atom. The molecule has 1 amide bonds. The molecule has 5 heteroatoms. The van der Waals surface area contributed by atoms with Crippen molar-refractivity contribution in [2.24, 2.45) is 0 Å². The van der Waals surface area contributed by atoms with Gasteiger partial charge in [0.15, 0.2) is 0 Å². The highest BCUT2D eigenvalue weighted by Crippen LogP contribution is 2.17. The molecule has 48 heavy (non-hydrogen) atoms. The number of rotatable bonds is 37. The molecule has 0 aromatic carbocycles. The van der Waals surface area contributed by atoms with Gasteiger partial charge < -0.3 is 20.1 Å². The zero-order chi connectivity index (χ0) is 35.0. The molecule has 2 N–H and O–H groups in total. The first-order valence-corrected chi connectivity index (χ1v) is 20.5. The molecule has 5 nitrogen and oxygen atoms in total. The lowest BCUT2D eigenvalue weighted by atomic mass is 10.0. The van der Waals surface area contributed by atoms with Gasteiger partial charge in [0.25, 0.3) is 0 Å². The van der Waals surface area contributed by atoms with Crippen LogP contribution in [0.2, 0.25) is 0 Å². The van der Waals surface area contributed by atoms with Crippen molar-refractivity contribution in [1.82, 2.24) is 10.2 Å². The van der Waals surface area contributed by atoms with Gasteiger partial charge in [-0.05, 0) is 84.1 Å². The zero-order valence-corrected chi connectivity index (χ0v) is 32.1. The Bertz CT molecular complexity index is 728. The van der Waals surface area contributed by atoms with Gasteiger partial charge in [0.1, 0.15) is 0 Å².